The summed E-state index contributed by atoms with van der Waals surface area (Å²) >= 11 is 0. The van der Waals surface area contributed by atoms with Crippen LogP contribution < -0.4 is 10.0 Å². The molecule has 0 spiro atoms. The summed E-state index contributed by atoms with van der Waals surface area (Å²) in [6, 6.07) is 8.98. The van der Waals surface area contributed by atoms with E-state index in [-0.39, 0.29) is 0 Å². The predicted octanol–water partition coefficient (Wildman–Crippen LogP) is 5.80. The lowest BCUT2D eigenvalue weighted by atomic mass is 9.99. The summed E-state index contributed by atoms with van der Waals surface area (Å²) in [6.07, 6.45) is 14.2. The van der Waals surface area contributed by atoms with Crippen molar-refractivity contribution in [3.05, 3.63) is 30.9 Å². The third-order valence-corrected chi connectivity index (χ3v) is 10.9. The van der Waals surface area contributed by atoms with Crippen LogP contribution in [0.5, 0.6) is 5.75 Å². The molecule has 0 atom stereocenters. The number of hydrogen-bond donors (Lipinski definition) is 0. The summed E-state index contributed by atoms with van der Waals surface area (Å²) < 4.78 is 5.36. The van der Waals surface area contributed by atoms with E-state index >= 15 is 0 Å². The van der Waals surface area contributed by atoms with E-state index in [2.05, 4.69) is 24.3 Å². The highest BCUT2D eigenvalue weighted by Crippen LogP contribution is 2.70. The van der Waals surface area contributed by atoms with Gasteiger partial charge in [0, 0.05) is 11.3 Å². The molecule has 0 amide bonds. The van der Waals surface area contributed by atoms with Crippen LogP contribution >= 0.6 is 7.26 Å². The number of ether oxygens (including phenoxy) is 1. The van der Waals surface area contributed by atoms with Gasteiger partial charge in [0.1, 0.15) is 5.75 Å². The zero-order valence-corrected chi connectivity index (χ0v) is 15.0. The van der Waals surface area contributed by atoms with Crippen molar-refractivity contribution in [2.75, 3.05) is 7.11 Å². The van der Waals surface area contributed by atoms with Gasteiger partial charge in [0.05, 0.1) is 12.4 Å². The molecule has 0 radical (unpaired) electrons. The van der Waals surface area contributed by atoms with Crippen LogP contribution in [0.1, 0.15) is 64.2 Å². The summed E-state index contributed by atoms with van der Waals surface area (Å²) in [5.74, 6) is 0.975. The topological polar surface area (TPSA) is 9.23 Å². The molecule has 2 saturated carbocycles. The lowest BCUT2D eigenvalue weighted by molar-refractivity contribution is 0.415. The van der Waals surface area contributed by atoms with Gasteiger partial charge in [0.25, 0.3) is 0 Å². The normalized spacial score (nSPS) is 21.7. The van der Waals surface area contributed by atoms with Crippen molar-refractivity contribution in [2.45, 2.75) is 75.5 Å². The second-order valence-electron chi connectivity index (χ2n) is 7.21. The number of hydrogen-bond acceptors (Lipinski definition) is 1. The summed E-state index contributed by atoms with van der Waals surface area (Å²) in [5, 5.41) is 1.56. The Bertz CT molecular complexity index is 437. The molecule has 1 aromatic rings. The fourth-order valence-electron chi connectivity index (χ4n) is 4.66. The summed E-state index contributed by atoms with van der Waals surface area (Å²) in [4.78, 5) is 0. The third-order valence-electron chi connectivity index (χ3n) is 6.01. The first kappa shape index (κ1) is 16.3. The van der Waals surface area contributed by atoms with Crippen LogP contribution in [-0.2, 0) is 0 Å². The maximum absolute atomic E-state index is 5.36. The molecular weight excluding hydrogens is 287 g/mol. The molecular formula is C20H31OP. The number of methoxy groups -OCH3 is 1. The molecule has 2 fully saturated rings. The van der Waals surface area contributed by atoms with Crippen LogP contribution in [0, 0.1) is 6.66 Å². The van der Waals surface area contributed by atoms with Crippen LogP contribution in [0.25, 0.3) is 0 Å². The molecule has 22 heavy (non-hydrogen) atoms. The molecule has 122 valence electrons. The maximum atomic E-state index is 5.36. The Morgan fingerprint density at radius 1 is 0.818 bits per heavy atom. The van der Waals surface area contributed by atoms with E-state index < -0.39 is 7.26 Å². The quantitative estimate of drug-likeness (QED) is 0.504. The van der Waals surface area contributed by atoms with Crippen LogP contribution in [0.4, 0.5) is 0 Å². The van der Waals surface area contributed by atoms with Gasteiger partial charge in [-0.05, 0) is 75.6 Å². The van der Waals surface area contributed by atoms with Crippen molar-refractivity contribution in [1.82, 2.24) is 0 Å². The average molecular weight is 318 g/mol. The minimum Gasteiger partial charge on any atom is -0.497 e. The van der Waals surface area contributed by atoms with Gasteiger partial charge in [-0.15, -0.1) is 0 Å². The van der Waals surface area contributed by atoms with Gasteiger partial charge >= 0.3 is 0 Å². The second kappa shape index (κ2) is 7.35. The molecule has 1 aromatic carbocycles. The van der Waals surface area contributed by atoms with Crippen molar-refractivity contribution >= 4 is 12.6 Å². The Labute approximate surface area is 137 Å². The summed E-state index contributed by atoms with van der Waals surface area (Å²) in [6.45, 7) is 5.01. The SMILES string of the molecule is [CH2-][P+](c1ccc(OC)cc1)(C1CCCCC1)C1CCCCC1. The summed E-state index contributed by atoms with van der Waals surface area (Å²) in [5.41, 5.74) is 1.75. The van der Waals surface area contributed by atoms with E-state index in [1.54, 1.807) is 12.4 Å². The van der Waals surface area contributed by atoms with E-state index in [1.165, 1.54) is 64.2 Å². The van der Waals surface area contributed by atoms with Gasteiger partial charge in [-0.2, -0.15) is 6.66 Å². The smallest absolute Gasteiger partial charge is 0.119 e. The fourth-order valence-corrected chi connectivity index (χ4v) is 9.38. The molecule has 0 bridgehead atoms. The molecule has 0 unspecified atom stereocenters. The van der Waals surface area contributed by atoms with Crippen LogP contribution in [0.15, 0.2) is 24.3 Å². The van der Waals surface area contributed by atoms with Gasteiger partial charge in [-0.1, -0.05) is 20.1 Å². The van der Waals surface area contributed by atoms with Crippen molar-refractivity contribution < 1.29 is 4.74 Å². The third kappa shape index (κ3) is 3.21. The number of rotatable bonds is 4. The van der Waals surface area contributed by atoms with Gasteiger partial charge in [-0.3, -0.25) is 0 Å². The molecule has 0 aromatic heterocycles. The highest BCUT2D eigenvalue weighted by molar-refractivity contribution is 7.85. The monoisotopic (exact) mass is 318 g/mol. The van der Waals surface area contributed by atoms with Gasteiger partial charge in [0.2, 0.25) is 0 Å². The van der Waals surface area contributed by atoms with E-state index in [0.717, 1.165) is 17.1 Å². The van der Waals surface area contributed by atoms with Crippen molar-refractivity contribution in [3.8, 4) is 5.75 Å². The zero-order valence-electron chi connectivity index (χ0n) is 14.1. The van der Waals surface area contributed by atoms with E-state index in [4.69, 9.17) is 11.4 Å². The zero-order chi connectivity index (χ0) is 15.4. The first-order valence-corrected chi connectivity index (χ1v) is 11.2. The Morgan fingerprint density at radius 2 is 1.27 bits per heavy atom. The van der Waals surface area contributed by atoms with Gasteiger partial charge < -0.3 is 4.74 Å². The van der Waals surface area contributed by atoms with Crippen LogP contribution in [0.3, 0.4) is 0 Å². The van der Waals surface area contributed by atoms with Crippen molar-refractivity contribution in [3.63, 3.8) is 0 Å². The van der Waals surface area contributed by atoms with Gasteiger partial charge in [-0.25, -0.2) is 0 Å². The second-order valence-corrected chi connectivity index (χ2v) is 11.1. The van der Waals surface area contributed by atoms with Crippen molar-refractivity contribution in [2.24, 2.45) is 0 Å². The Balaban J connectivity index is 1.92. The minimum atomic E-state index is -1.31. The largest absolute Gasteiger partial charge is 0.497 e. The Hall–Kier alpha value is -0.550. The minimum absolute atomic E-state index is 0.873. The standard InChI is InChI=1S/C20H31OP/c1-21-17-13-15-20(16-14-17)22(2,18-9-5-3-6-10-18)19-11-7-4-8-12-19/h13-16,18-19H,2-12H2,1H3. The molecule has 2 aliphatic rings. The molecule has 0 saturated heterocycles. The molecule has 1 nitrogen and oxygen atoms in total. The van der Waals surface area contributed by atoms with E-state index in [0.29, 0.717) is 0 Å². The molecule has 0 heterocycles. The van der Waals surface area contributed by atoms with Crippen molar-refractivity contribution in [1.29, 1.82) is 0 Å². The number of benzene rings is 1. The lowest BCUT2D eigenvalue weighted by Gasteiger charge is -2.46. The first-order chi connectivity index (χ1) is 10.7. The lowest BCUT2D eigenvalue weighted by Crippen LogP contribution is -2.32. The molecule has 2 aliphatic carbocycles. The van der Waals surface area contributed by atoms with E-state index in [1.807, 2.05) is 0 Å². The Morgan fingerprint density at radius 3 is 1.68 bits per heavy atom. The van der Waals surface area contributed by atoms with Crippen LogP contribution in [-0.4, -0.2) is 18.4 Å². The molecule has 0 N–H and O–H groups in total. The first-order valence-electron chi connectivity index (χ1n) is 9.12. The maximum Gasteiger partial charge on any atom is 0.119 e. The van der Waals surface area contributed by atoms with Gasteiger partial charge in [0.15, 0.2) is 0 Å². The Kier molecular flexibility index (Phi) is 5.45. The highest BCUT2D eigenvalue weighted by Gasteiger charge is 2.44. The summed E-state index contributed by atoms with van der Waals surface area (Å²) in [7, 11) is 0.445. The average Bonchev–Trinajstić information content (AvgIpc) is 2.62. The fraction of sp³-hybridized carbons (Fsp3) is 0.650. The predicted molar refractivity (Wildman–Crippen MR) is 98.7 cm³/mol. The highest BCUT2D eigenvalue weighted by atomic mass is 31.2. The molecule has 3 rings (SSSR count). The van der Waals surface area contributed by atoms with Crippen LogP contribution in [0.2, 0.25) is 0 Å². The molecule has 2 heteroatoms. The van der Waals surface area contributed by atoms with E-state index in [9.17, 15) is 0 Å². The molecule has 0 aliphatic heterocycles.